The Kier molecular flexibility index (Phi) is 13.3. The summed E-state index contributed by atoms with van der Waals surface area (Å²) in [7, 11) is 0. The van der Waals surface area contributed by atoms with Gasteiger partial charge in [-0.1, -0.05) is 0 Å². The molecular weight excluding hydrogens is 492 g/mol. The number of nitrogens with one attached hydrogen (secondary N) is 4. The van der Waals surface area contributed by atoms with Crippen LogP contribution >= 0.6 is 0 Å². The maximum absolute atomic E-state index is 13.1. The topological polar surface area (TPSA) is 286 Å². The van der Waals surface area contributed by atoms with Gasteiger partial charge in [0.25, 0.3) is 0 Å². The zero-order valence-electron chi connectivity index (χ0n) is 20.1. The summed E-state index contributed by atoms with van der Waals surface area (Å²) in [5.41, 5.74) is 16.5. The molecule has 16 nitrogen and oxygen atoms in total. The van der Waals surface area contributed by atoms with Crippen LogP contribution in [0.25, 0.3) is 0 Å². The molecule has 16 heteroatoms. The SMILES string of the molecule is NCCCCC(NC(=O)C(CCC(=O)O)NC(=O)C(Cc1cnc[nH]1)NC(=O)C(N)CC(N)=O)C(=O)O. The minimum absolute atomic E-state index is 0.0775. The summed E-state index contributed by atoms with van der Waals surface area (Å²) in [6, 6.07) is -5.37. The second kappa shape index (κ2) is 15.8. The molecule has 0 bridgehead atoms. The van der Waals surface area contributed by atoms with Gasteiger partial charge < -0.3 is 48.3 Å². The monoisotopic (exact) mass is 526 g/mol. The molecule has 0 fully saturated rings. The number of primary amides is 1. The van der Waals surface area contributed by atoms with E-state index in [-0.39, 0.29) is 19.3 Å². The number of amides is 4. The number of unbranched alkanes of at least 4 members (excludes halogenated alkanes) is 1. The van der Waals surface area contributed by atoms with Crippen LogP contribution < -0.4 is 33.2 Å². The molecule has 1 aromatic rings. The molecule has 0 aliphatic heterocycles. The molecule has 1 rings (SSSR count). The predicted molar refractivity (Wildman–Crippen MR) is 127 cm³/mol. The van der Waals surface area contributed by atoms with E-state index in [4.69, 9.17) is 22.3 Å². The van der Waals surface area contributed by atoms with Crippen LogP contribution in [0.2, 0.25) is 0 Å². The summed E-state index contributed by atoms with van der Waals surface area (Å²) < 4.78 is 0. The average molecular weight is 527 g/mol. The quantitative estimate of drug-likeness (QED) is 0.0853. The van der Waals surface area contributed by atoms with Crippen molar-refractivity contribution in [3.63, 3.8) is 0 Å². The molecule has 4 atom stereocenters. The van der Waals surface area contributed by atoms with Crippen molar-refractivity contribution in [3.05, 3.63) is 18.2 Å². The van der Waals surface area contributed by atoms with Crippen molar-refractivity contribution in [2.75, 3.05) is 6.54 Å². The number of nitrogens with zero attached hydrogens (tertiary/aromatic N) is 1. The van der Waals surface area contributed by atoms with Crippen LogP contribution in [0.3, 0.4) is 0 Å². The average Bonchev–Trinajstić information content (AvgIpc) is 3.32. The second-order valence-electron chi connectivity index (χ2n) is 8.30. The van der Waals surface area contributed by atoms with E-state index < -0.39 is 72.6 Å². The van der Waals surface area contributed by atoms with E-state index in [0.29, 0.717) is 25.1 Å². The lowest BCUT2D eigenvalue weighted by atomic mass is 10.1. The number of imidazole rings is 1. The maximum Gasteiger partial charge on any atom is 0.326 e. The van der Waals surface area contributed by atoms with Crippen molar-refractivity contribution < 1.29 is 39.0 Å². The van der Waals surface area contributed by atoms with Crippen LogP contribution in [0, 0.1) is 0 Å². The first-order chi connectivity index (χ1) is 17.4. The molecule has 37 heavy (non-hydrogen) atoms. The Bertz CT molecular complexity index is 939. The van der Waals surface area contributed by atoms with Gasteiger partial charge in [0.1, 0.15) is 18.1 Å². The Labute approximate surface area is 212 Å². The molecule has 1 aromatic heterocycles. The summed E-state index contributed by atoms with van der Waals surface area (Å²) in [6.07, 6.45) is 2.30. The van der Waals surface area contributed by atoms with Crippen LogP contribution in [0.4, 0.5) is 0 Å². The maximum atomic E-state index is 13.1. The lowest BCUT2D eigenvalue weighted by Gasteiger charge is -2.25. The number of hydrogen-bond donors (Lipinski definition) is 9. The molecule has 0 aliphatic carbocycles. The van der Waals surface area contributed by atoms with Gasteiger partial charge in [0.15, 0.2) is 0 Å². The Morgan fingerprint density at radius 1 is 0.919 bits per heavy atom. The molecule has 0 radical (unpaired) electrons. The van der Waals surface area contributed by atoms with Crippen LogP contribution in [-0.4, -0.2) is 86.5 Å². The molecule has 12 N–H and O–H groups in total. The Morgan fingerprint density at radius 3 is 2.08 bits per heavy atom. The van der Waals surface area contributed by atoms with Crippen LogP contribution in [0.1, 0.15) is 44.2 Å². The van der Waals surface area contributed by atoms with Gasteiger partial charge in [-0.05, 0) is 32.2 Å². The normalized spacial score (nSPS) is 14.0. The largest absolute Gasteiger partial charge is 0.481 e. The number of hydrogen-bond acceptors (Lipinski definition) is 9. The summed E-state index contributed by atoms with van der Waals surface area (Å²) in [5, 5.41) is 25.5. The first-order valence-corrected chi connectivity index (χ1v) is 11.5. The Hall–Kier alpha value is -4.05. The van der Waals surface area contributed by atoms with Crippen molar-refractivity contribution >= 4 is 35.6 Å². The summed E-state index contributed by atoms with van der Waals surface area (Å²) in [5.74, 6) is -6.04. The first kappa shape index (κ1) is 31.0. The number of aromatic amines is 1. The molecule has 4 amide bonds. The second-order valence-corrected chi connectivity index (χ2v) is 8.30. The zero-order chi connectivity index (χ0) is 28.0. The fourth-order valence-electron chi connectivity index (χ4n) is 3.25. The summed E-state index contributed by atoms with van der Waals surface area (Å²) in [4.78, 5) is 78.7. The number of nitrogens with two attached hydrogens (primary N) is 3. The molecule has 4 unspecified atom stereocenters. The van der Waals surface area contributed by atoms with E-state index in [9.17, 15) is 33.9 Å². The third-order valence-corrected chi connectivity index (χ3v) is 5.21. The standard InChI is InChI=1S/C21H34N8O8/c22-6-2-1-3-14(21(36)37)28-19(34)13(4-5-17(31)32)27-20(35)15(7-11-9-25-10-26-11)29-18(33)12(23)8-16(24)30/h9-10,12-15H,1-8,22-23H2,(H2,24,30)(H,25,26)(H,27,35)(H,28,34)(H,29,33)(H,31,32)(H,36,37). The first-order valence-electron chi connectivity index (χ1n) is 11.5. The van der Waals surface area contributed by atoms with Gasteiger partial charge in [0.05, 0.1) is 18.8 Å². The van der Waals surface area contributed by atoms with E-state index >= 15 is 0 Å². The molecule has 0 aromatic carbocycles. The number of aromatic nitrogens is 2. The minimum Gasteiger partial charge on any atom is -0.481 e. The lowest BCUT2D eigenvalue weighted by molar-refractivity contribution is -0.143. The summed E-state index contributed by atoms with van der Waals surface area (Å²) >= 11 is 0. The molecule has 206 valence electrons. The van der Waals surface area contributed by atoms with Gasteiger partial charge in [0.2, 0.25) is 23.6 Å². The highest BCUT2D eigenvalue weighted by Crippen LogP contribution is 2.06. The molecule has 0 spiro atoms. The number of carbonyl (C=O) groups excluding carboxylic acids is 4. The van der Waals surface area contributed by atoms with Crippen LogP contribution in [0.5, 0.6) is 0 Å². The van der Waals surface area contributed by atoms with Crippen molar-refractivity contribution in [2.45, 2.75) is 69.1 Å². The number of aliphatic carboxylic acids is 2. The smallest absolute Gasteiger partial charge is 0.326 e. The molecule has 1 heterocycles. The minimum atomic E-state index is -1.43. The highest BCUT2D eigenvalue weighted by atomic mass is 16.4. The van der Waals surface area contributed by atoms with E-state index in [2.05, 4.69) is 25.9 Å². The highest BCUT2D eigenvalue weighted by Gasteiger charge is 2.31. The fourth-order valence-corrected chi connectivity index (χ4v) is 3.25. The highest BCUT2D eigenvalue weighted by molar-refractivity contribution is 5.95. The molecule has 0 saturated heterocycles. The van der Waals surface area contributed by atoms with E-state index in [0.717, 1.165) is 0 Å². The van der Waals surface area contributed by atoms with Gasteiger partial charge in [-0.15, -0.1) is 0 Å². The number of carboxylic acid groups (broad SMARTS) is 2. The van der Waals surface area contributed by atoms with Crippen molar-refractivity contribution in [1.29, 1.82) is 0 Å². The van der Waals surface area contributed by atoms with E-state index in [1.54, 1.807) is 0 Å². The van der Waals surface area contributed by atoms with Crippen molar-refractivity contribution in [1.82, 2.24) is 25.9 Å². The third kappa shape index (κ3) is 12.0. The lowest BCUT2D eigenvalue weighted by Crippen LogP contribution is -2.58. The van der Waals surface area contributed by atoms with Gasteiger partial charge in [-0.2, -0.15) is 0 Å². The predicted octanol–water partition coefficient (Wildman–Crippen LogP) is -3.31. The van der Waals surface area contributed by atoms with E-state index in [1.165, 1.54) is 12.5 Å². The van der Waals surface area contributed by atoms with Gasteiger partial charge in [-0.25, -0.2) is 9.78 Å². The number of carboxylic acids is 2. The Morgan fingerprint density at radius 2 is 1.54 bits per heavy atom. The van der Waals surface area contributed by atoms with Gasteiger partial charge >= 0.3 is 11.9 Å². The Balaban J connectivity index is 3.05. The van der Waals surface area contributed by atoms with Crippen molar-refractivity contribution in [3.8, 4) is 0 Å². The van der Waals surface area contributed by atoms with Crippen molar-refractivity contribution in [2.24, 2.45) is 17.2 Å². The van der Waals surface area contributed by atoms with Gasteiger partial charge in [0, 0.05) is 24.7 Å². The van der Waals surface area contributed by atoms with Gasteiger partial charge in [-0.3, -0.25) is 24.0 Å². The number of carbonyl (C=O) groups is 6. The zero-order valence-corrected chi connectivity index (χ0v) is 20.1. The number of H-pyrrole nitrogens is 1. The fraction of sp³-hybridized carbons (Fsp3) is 0.571. The molecule has 0 aliphatic rings. The molecular formula is C21H34N8O8. The van der Waals surface area contributed by atoms with E-state index in [1.807, 2.05) is 0 Å². The number of rotatable bonds is 18. The summed E-state index contributed by atoms with van der Waals surface area (Å²) in [6.45, 7) is 0.337. The third-order valence-electron chi connectivity index (χ3n) is 5.21. The van der Waals surface area contributed by atoms with Crippen LogP contribution in [-0.2, 0) is 35.2 Å². The molecule has 0 saturated carbocycles. The van der Waals surface area contributed by atoms with Crippen LogP contribution in [0.15, 0.2) is 12.5 Å².